The molecule has 0 bridgehead atoms. The summed E-state index contributed by atoms with van der Waals surface area (Å²) in [4.78, 5) is 0. The Morgan fingerprint density at radius 3 is 2.15 bits per heavy atom. The van der Waals surface area contributed by atoms with Gasteiger partial charge in [0.2, 0.25) is 0 Å². The Labute approximate surface area is 122 Å². The van der Waals surface area contributed by atoms with Crippen molar-refractivity contribution < 1.29 is 8.78 Å². The quantitative estimate of drug-likeness (QED) is 0.879. The van der Waals surface area contributed by atoms with Gasteiger partial charge >= 0.3 is 0 Å². The molecule has 0 saturated carbocycles. The van der Waals surface area contributed by atoms with Gasteiger partial charge < -0.3 is 5.32 Å². The highest BCUT2D eigenvalue weighted by Gasteiger charge is 2.10. The van der Waals surface area contributed by atoms with Gasteiger partial charge in [-0.2, -0.15) is 0 Å². The first kappa shape index (κ1) is 14.9. The zero-order valence-electron chi connectivity index (χ0n) is 11.2. The molecular weight excluding hydrogens is 280 g/mol. The predicted molar refractivity (Wildman–Crippen MR) is 78.1 cm³/mol. The fraction of sp³-hybridized carbons (Fsp3) is 0.250. The van der Waals surface area contributed by atoms with Crippen LogP contribution in [0.3, 0.4) is 0 Å². The van der Waals surface area contributed by atoms with Crippen LogP contribution in [0.4, 0.5) is 8.78 Å². The van der Waals surface area contributed by atoms with E-state index in [9.17, 15) is 8.78 Å². The molecule has 0 fully saturated rings. The molecule has 1 unspecified atom stereocenters. The molecule has 0 spiro atoms. The molecule has 0 amide bonds. The van der Waals surface area contributed by atoms with Crippen LogP contribution in [0.15, 0.2) is 42.5 Å². The van der Waals surface area contributed by atoms with E-state index in [-0.39, 0.29) is 6.04 Å². The highest BCUT2D eigenvalue weighted by molar-refractivity contribution is 6.30. The number of halogens is 3. The molecular formula is C16H16ClF2N. The number of likely N-dealkylation sites (N-methyl/N-ethyl adjacent to an activating group) is 1. The van der Waals surface area contributed by atoms with Gasteiger partial charge in [0.25, 0.3) is 0 Å². The fourth-order valence-electron chi connectivity index (χ4n) is 2.13. The molecule has 0 radical (unpaired) electrons. The van der Waals surface area contributed by atoms with Crippen molar-refractivity contribution in [2.75, 3.05) is 7.05 Å². The average Bonchev–Trinajstić information content (AvgIpc) is 2.44. The van der Waals surface area contributed by atoms with Crippen LogP contribution in [-0.4, -0.2) is 13.1 Å². The Morgan fingerprint density at radius 2 is 1.55 bits per heavy atom. The van der Waals surface area contributed by atoms with Crippen LogP contribution < -0.4 is 5.32 Å². The van der Waals surface area contributed by atoms with E-state index in [4.69, 9.17) is 11.6 Å². The van der Waals surface area contributed by atoms with E-state index in [2.05, 4.69) is 5.32 Å². The molecule has 0 aliphatic heterocycles. The number of rotatable bonds is 5. The van der Waals surface area contributed by atoms with Gasteiger partial charge in [-0.15, -0.1) is 0 Å². The third kappa shape index (κ3) is 4.02. The van der Waals surface area contributed by atoms with Gasteiger partial charge in [0.1, 0.15) is 0 Å². The number of hydrogen-bond acceptors (Lipinski definition) is 1. The first-order valence-corrected chi connectivity index (χ1v) is 6.82. The van der Waals surface area contributed by atoms with Gasteiger partial charge in [-0.05, 0) is 55.3 Å². The Hall–Kier alpha value is -1.45. The lowest BCUT2D eigenvalue weighted by Crippen LogP contribution is -2.29. The number of hydrogen-bond donors (Lipinski definition) is 1. The van der Waals surface area contributed by atoms with E-state index < -0.39 is 11.6 Å². The van der Waals surface area contributed by atoms with Crippen molar-refractivity contribution in [3.05, 3.63) is 70.2 Å². The normalized spacial score (nSPS) is 12.4. The summed E-state index contributed by atoms with van der Waals surface area (Å²) < 4.78 is 26.1. The van der Waals surface area contributed by atoms with Crippen molar-refractivity contribution in [1.82, 2.24) is 5.32 Å². The lowest BCUT2D eigenvalue weighted by Gasteiger charge is -2.16. The zero-order valence-corrected chi connectivity index (χ0v) is 11.9. The van der Waals surface area contributed by atoms with Gasteiger partial charge in [0.05, 0.1) is 0 Å². The Kier molecular flexibility index (Phi) is 5.10. The molecule has 20 heavy (non-hydrogen) atoms. The largest absolute Gasteiger partial charge is 0.316 e. The van der Waals surface area contributed by atoms with E-state index in [1.54, 1.807) is 6.07 Å². The SMILES string of the molecule is CNC(Cc1ccc(Cl)cc1)Cc1ccc(F)c(F)c1. The van der Waals surface area contributed by atoms with E-state index in [1.807, 2.05) is 31.3 Å². The standard InChI is InChI=1S/C16H16ClF2N/c1-20-14(8-11-2-5-13(17)6-3-11)9-12-4-7-15(18)16(19)10-12/h2-7,10,14,20H,8-9H2,1H3. The van der Waals surface area contributed by atoms with Crippen molar-refractivity contribution in [2.24, 2.45) is 0 Å². The minimum Gasteiger partial charge on any atom is -0.316 e. The van der Waals surface area contributed by atoms with Crippen molar-refractivity contribution >= 4 is 11.6 Å². The molecule has 2 aromatic carbocycles. The van der Waals surface area contributed by atoms with Crippen LogP contribution in [0.25, 0.3) is 0 Å². The van der Waals surface area contributed by atoms with Crippen LogP contribution in [-0.2, 0) is 12.8 Å². The van der Waals surface area contributed by atoms with Crippen molar-refractivity contribution in [3.63, 3.8) is 0 Å². The van der Waals surface area contributed by atoms with E-state index >= 15 is 0 Å². The summed E-state index contributed by atoms with van der Waals surface area (Å²) >= 11 is 5.85. The Morgan fingerprint density at radius 1 is 0.950 bits per heavy atom. The smallest absolute Gasteiger partial charge is 0.159 e. The third-order valence-electron chi connectivity index (χ3n) is 3.27. The van der Waals surface area contributed by atoms with Crippen LogP contribution in [0.2, 0.25) is 5.02 Å². The van der Waals surface area contributed by atoms with Crippen LogP contribution in [0, 0.1) is 11.6 Å². The van der Waals surface area contributed by atoms with Gasteiger partial charge in [0.15, 0.2) is 11.6 Å². The molecule has 2 aromatic rings. The first-order chi connectivity index (χ1) is 9.58. The molecule has 0 saturated heterocycles. The van der Waals surface area contributed by atoms with Gasteiger partial charge in [-0.1, -0.05) is 29.8 Å². The van der Waals surface area contributed by atoms with Crippen molar-refractivity contribution in [3.8, 4) is 0 Å². The molecule has 2 rings (SSSR count). The molecule has 4 heteroatoms. The molecule has 1 N–H and O–H groups in total. The first-order valence-electron chi connectivity index (χ1n) is 6.44. The molecule has 0 aromatic heterocycles. The topological polar surface area (TPSA) is 12.0 Å². The molecule has 0 aliphatic rings. The second-order valence-corrected chi connectivity index (χ2v) is 5.21. The zero-order chi connectivity index (χ0) is 14.5. The van der Waals surface area contributed by atoms with Gasteiger partial charge in [0, 0.05) is 11.1 Å². The number of nitrogens with one attached hydrogen (secondary N) is 1. The average molecular weight is 296 g/mol. The summed E-state index contributed by atoms with van der Waals surface area (Å²) in [6.07, 6.45) is 1.43. The maximum absolute atomic E-state index is 13.2. The summed E-state index contributed by atoms with van der Waals surface area (Å²) in [6.45, 7) is 0. The predicted octanol–water partition coefficient (Wildman–Crippen LogP) is 3.99. The Bertz CT molecular complexity index is 569. The van der Waals surface area contributed by atoms with Crippen LogP contribution >= 0.6 is 11.6 Å². The monoisotopic (exact) mass is 295 g/mol. The molecule has 106 valence electrons. The molecule has 0 heterocycles. The van der Waals surface area contributed by atoms with Gasteiger partial charge in [-0.25, -0.2) is 8.78 Å². The summed E-state index contributed by atoms with van der Waals surface area (Å²) in [7, 11) is 1.86. The summed E-state index contributed by atoms with van der Waals surface area (Å²) in [5, 5.41) is 3.90. The molecule has 1 atom stereocenters. The second kappa shape index (κ2) is 6.82. The fourth-order valence-corrected chi connectivity index (χ4v) is 2.26. The van der Waals surface area contributed by atoms with Crippen molar-refractivity contribution in [1.29, 1.82) is 0 Å². The summed E-state index contributed by atoms with van der Waals surface area (Å²) in [6, 6.07) is 11.8. The van der Waals surface area contributed by atoms with E-state index in [0.717, 1.165) is 17.5 Å². The van der Waals surface area contributed by atoms with E-state index in [0.29, 0.717) is 11.4 Å². The van der Waals surface area contributed by atoms with Crippen LogP contribution in [0.5, 0.6) is 0 Å². The van der Waals surface area contributed by atoms with E-state index in [1.165, 1.54) is 12.1 Å². The maximum atomic E-state index is 13.2. The van der Waals surface area contributed by atoms with Crippen LogP contribution in [0.1, 0.15) is 11.1 Å². The molecule has 0 aliphatic carbocycles. The Balaban J connectivity index is 2.04. The lowest BCUT2D eigenvalue weighted by molar-refractivity contribution is 0.503. The third-order valence-corrected chi connectivity index (χ3v) is 3.52. The highest BCUT2D eigenvalue weighted by atomic mass is 35.5. The van der Waals surface area contributed by atoms with Crippen molar-refractivity contribution in [2.45, 2.75) is 18.9 Å². The minimum absolute atomic E-state index is 0.154. The minimum atomic E-state index is -0.813. The van der Waals surface area contributed by atoms with Gasteiger partial charge in [-0.3, -0.25) is 0 Å². The second-order valence-electron chi connectivity index (χ2n) is 4.77. The molecule has 1 nitrogen and oxygen atoms in total. The maximum Gasteiger partial charge on any atom is 0.159 e. The summed E-state index contributed by atoms with van der Waals surface area (Å²) in [5.41, 5.74) is 1.92. The summed E-state index contributed by atoms with van der Waals surface area (Å²) in [5.74, 6) is -1.61. The number of benzene rings is 2. The lowest BCUT2D eigenvalue weighted by atomic mass is 9.99. The highest BCUT2D eigenvalue weighted by Crippen LogP contribution is 2.14.